The average Bonchev–Trinajstić information content (AvgIpc) is 3.01. The highest BCUT2D eigenvalue weighted by Crippen LogP contribution is 2.40. The largest absolute Gasteiger partial charge is 0.493 e. The van der Waals surface area contributed by atoms with Crippen LogP contribution in [0, 0.1) is 10.1 Å². The molecule has 0 atom stereocenters. The van der Waals surface area contributed by atoms with Gasteiger partial charge in [0.2, 0.25) is 5.75 Å². The second kappa shape index (κ2) is 3.76. The SMILES string of the molecule is COc1cccc([N+](=O)[O-])c1OC1CC1. The summed E-state index contributed by atoms with van der Waals surface area (Å²) in [7, 11) is 1.47. The number of nitro groups is 1. The molecule has 0 saturated heterocycles. The minimum atomic E-state index is -0.458. The van der Waals surface area contributed by atoms with Crippen molar-refractivity contribution in [1.29, 1.82) is 0 Å². The quantitative estimate of drug-likeness (QED) is 0.563. The van der Waals surface area contributed by atoms with Gasteiger partial charge in [0.1, 0.15) is 0 Å². The molecule has 1 fully saturated rings. The molecule has 0 unspecified atom stereocenters. The molecule has 5 heteroatoms. The lowest BCUT2D eigenvalue weighted by Gasteiger charge is -2.09. The Morgan fingerprint density at radius 3 is 2.73 bits per heavy atom. The zero-order chi connectivity index (χ0) is 10.8. The molecule has 0 aromatic heterocycles. The molecule has 0 N–H and O–H groups in total. The van der Waals surface area contributed by atoms with Gasteiger partial charge >= 0.3 is 5.69 Å². The number of ether oxygens (including phenoxy) is 2. The lowest BCUT2D eigenvalue weighted by atomic mass is 10.2. The van der Waals surface area contributed by atoms with Crippen molar-refractivity contribution in [2.75, 3.05) is 7.11 Å². The standard InChI is InChI=1S/C10H11NO4/c1-14-9-4-2-3-8(11(12)13)10(9)15-7-5-6-7/h2-4,7H,5-6H2,1H3. The zero-order valence-electron chi connectivity index (χ0n) is 8.30. The van der Waals surface area contributed by atoms with Gasteiger partial charge in [-0.15, -0.1) is 0 Å². The van der Waals surface area contributed by atoms with Crippen molar-refractivity contribution >= 4 is 5.69 Å². The van der Waals surface area contributed by atoms with E-state index >= 15 is 0 Å². The molecule has 1 saturated carbocycles. The first-order valence-corrected chi connectivity index (χ1v) is 4.70. The fraction of sp³-hybridized carbons (Fsp3) is 0.400. The molecule has 0 amide bonds. The van der Waals surface area contributed by atoms with E-state index in [9.17, 15) is 10.1 Å². The van der Waals surface area contributed by atoms with Gasteiger partial charge in [0.15, 0.2) is 5.75 Å². The monoisotopic (exact) mass is 209 g/mol. The minimum absolute atomic E-state index is 0.0405. The van der Waals surface area contributed by atoms with E-state index in [4.69, 9.17) is 9.47 Å². The molecular formula is C10H11NO4. The van der Waals surface area contributed by atoms with Crippen molar-refractivity contribution < 1.29 is 14.4 Å². The van der Waals surface area contributed by atoms with E-state index in [2.05, 4.69) is 0 Å². The molecule has 1 aliphatic rings. The summed E-state index contributed by atoms with van der Waals surface area (Å²) in [5.74, 6) is 0.656. The Bertz CT molecular complexity index is 387. The lowest BCUT2D eigenvalue weighted by molar-refractivity contribution is -0.386. The first-order chi connectivity index (χ1) is 7.22. The Balaban J connectivity index is 2.38. The molecule has 1 aromatic rings. The smallest absolute Gasteiger partial charge is 0.314 e. The third-order valence-corrected chi connectivity index (χ3v) is 2.18. The van der Waals surface area contributed by atoms with Gasteiger partial charge in [-0.3, -0.25) is 10.1 Å². The second-order valence-electron chi connectivity index (χ2n) is 3.38. The van der Waals surface area contributed by atoms with Gasteiger partial charge in [0, 0.05) is 6.07 Å². The van der Waals surface area contributed by atoms with E-state index in [1.807, 2.05) is 0 Å². The fourth-order valence-corrected chi connectivity index (χ4v) is 1.28. The van der Waals surface area contributed by atoms with E-state index in [1.165, 1.54) is 13.2 Å². The zero-order valence-corrected chi connectivity index (χ0v) is 8.30. The van der Waals surface area contributed by atoms with Crippen LogP contribution >= 0.6 is 0 Å². The van der Waals surface area contributed by atoms with Crippen LogP contribution in [-0.2, 0) is 0 Å². The Morgan fingerprint density at radius 2 is 2.20 bits per heavy atom. The summed E-state index contributed by atoms with van der Waals surface area (Å²) >= 11 is 0. The van der Waals surface area contributed by atoms with Crippen LogP contribution in [0.15, 0.2) is 18.2 Å². The number of hydrogen-bond donors (Lipinski definition) is 0. The topological polar surface area (TPSA) is 61.6 Å². The number of para-hydroxylation sites is 1. The van der Waals surface area contributed by atoms with E-state index in [0.29, 0.717) is 5.75 Å². The third kappa shape index (κ3) is 2.01. The van der Waals surface area contributed by atoms with E-state index in [-0.39, 0.29) is 17.5 Å². The van der Waals surface area contributed by atoms with Crippen LogP contribution in [-0.4, -0.2) is 18.1 Å². The van der Waals surface area contributed by atoms with Gasteiger partial charge in [-0.2, -0.15) is 0 Å². The molecule has 80 valence electrons. The van der Waals surface area contributed by atoms with Crippen molar-refractivity contribution in [2.24, 2.45) is 0 Å². The molecule has 0 heterocycles. The number of nitrogens with zero attached hydrogens (tertiary/aromatic N) is 1. The van der Waals surface area contributed by atoms with Crippen LogP contribution in [0.5, 0.6) is 11.5 Å². The van der Waals surface area contributed by atoms with Crippen molar-refractivity contribution in [3.63, 3.8) is 0 Å². The third-order valence-electron chi connectivity index (χ3n) is 2.18. The normalized spacial score (nSPS) is 14.7. The summed E-state index contributed by atoms with van der Waals surface area (Å²) in [6.07, 6.45) is 2.02. The first-order valence-electron chi connectivity index (χ1n) is 4.70. The summed E-state index contributed by atoms with van der Waals surface area (Å²) in [6.45, 7) is 0. The van der Waals surface area contributed by atoms with Crippen LogP contribution in [0.3, 0.4) is 0 Å². The lowest BCUT2D eigenvalue weighted by Crippen LogP contribution is -2.02. The molecule has 0 radical (unpaired) electrons. The van der Waals surface area contributed by atoms with E-state index in [0.717, 1.165) is 12.8 Å². The number of nitro benzene ring substituents is 1. The molecule has 15 heavy (non-hydrogen) atoms. The maximum atomic E-state index is 10.8. The summed E-state index contributed by atoms with van der Waals surface area (Å²) in [5.41, 5.74) is -0.0405. The molecule has 5 nitrogen and oxygen atoms in total. The molecule has 1 aliphatic carbocycles. The van der Waals surface area contributed by atoms with E-state index < -0.39 is 4.92 Å². The van der Waals surface area contributed by atoms with Crippen LogP contribution in [0.4, 0.5) is 5.69 Å². The fourth-order valence-electron chi connectivity index (χ4n) is 1.28. The maximum Gasteiger partial charge on any atom is 0.314 e. The summed E-state index contributed by atoms with van der Waals surface area (Å²) < 4.78 is 10.5. The number of hydrogen-bond acceptors (Lipinski definition) is 4. The highest BCUT2D eigenvalue weighted by atomic mass is 16.6. The molecular weight excluding hydrogens is 198 g/mol. The highest BCUT2D eigenvalue weighted by molar-refractivity contribution is 5.55. The predicted molar refractivity (Wildman–Crippen MR) is 53.3 cm³/mol. The minimum Gasteiger partial charge on any atom is -0.493 e. The maximum absolute atomic E-state index is 10.8. The second-order valence-corrected chi connectivity index (χ2v) is 3.38. The van der Waals surface area contributed by atoms with Gasteiger partial charge < -0.3 is 9.47 Å². The Hall–Kier alpha value is -1.78. The molecule has 0 spiro atoms. The van der Waals surface area contributed by atoms with Crippen LogP contribution in [0.25, 0.3) is 0 Å². The number of rotatable bonds is 4. The number of methoxy groups -OCH3 is 1. The van der Waals surface area contributed by atoms with Gasteiger partial charge in [0.05, 0.1) is 18.1 Å². The van der Waals surface area contributed by atoms with Gasteiger partial charge in [-0.25, -0.2) is 0 Å². The molecule has 0 bridgehead atoms. The molecule has 2 rings (SSSR count). The Kier molecular flexibility index (Phi) is 2.45. The Labute approximate surface area is 86.8 Å². The summed E-state index contributed by atoms with van der Waals surface area (Å²) in [4.78, 5) is 10.3. The predicted octanol–water partition coefficient (Wildman–Crippen LogP) is 2.14. The van der Waals surface area contributed by atoms with Gasteiger partial charge in [-0.1, -0.05) is 6.07 Å². The summed E-state index contributed by atoms with van der Waals surface area (Å²) in [6, 6.07) is 4.65. The highest BCUT2D eigenvalue weighted by Gasteiger charge is 2.29. The van der Waals surface area contributed by atoms with Crippen LogP contribution < -0.4 is 9.47 Å². The van der Waals surface area contributed by atoms with Crippen molar-refractivity contribution in [2.45, 2.75) is 18.9 Å². The first kappa shape index (κ1) is 9.76. The van der Waals surface area contributed by atoms with Gasteiger partial charge in [-0.05, 0) is 18.9 Å². The van der Waals surface area contributed by atoms with Crippen molar-refractivity contribution in [3.8, 4) is 11.5 Å². The van der Waals surface area contributed by atoms with E-state index in [1.54, 1.807) is 12.1 Å². The van der Waals surface area contributed by atoms with Crippen molar-refractivity contribution in [3.05, 3.63) is 28.3 Å². The van der Waals surface area contributed by atoms with Crippen LogP contribution in [0.2, 0.25) is 0 Å². The average molecular weight is 209 g/mol. The van der Waals surface area contributed by atoms with Crippen LogP contribution in [0.1, 0.15) is 12.8 Å². The van der Waals surface area contributed by atoms with Gasteiger partial charge in [0.25, 0.3) is 0 Å². The number of benzene rings is 1. The Morgan fingerprint density at radius 1 is 1.47 bits per heavy atom. The van der Waals surface area contributed by atoms with Crippen molar-refractivity contribution in [1.82, 2.24) is 0 Å². The summed E-state index contributed by atoms with van der Waals surface area (Å²) in [5, 5.41) is 10.8. The molecule has 1 aromatic carbocycles. The molecule has 0 aliphatic heterocycles.